The van der Waals surface area contributed by atoms with E-state index in [0.717, 1.165) is 43.9 Å². The van der Waals surface area contributed by atoms with Crippen LogP contribution in [0.1, 0.15) is 11.1 Å². The van der Waals surface area contributed by atoms with Crippen LogP contribution in [-0.4, -0.2) is 57.4 Å². The summed E-state index contributed by atoms with van der Waals surface area (Å²) in [6.07, 6.45) is 0.554. The third kappa shape index (κ3) is 5.12. The summed E-state index contributed by atoms with van der Waals surface area (Å²) in [6.45, 7) is 4.28. The summed E-state index contributed by atoms with van der Waals surface area (Å²) in [5.41, 5.74) is 2.19. The Labute approximate surface area is 126 Å². The Morgan fingerprint density at radius 3 is 2.86 bits per heavy atom. The number of nitrogens with one attached hydrogen (secondary N) is 1. The second-order valence-corrected chi connectivity index (χ2v) is 5.42. The standard InChI is InChI=1S/C16H24N2O3/c1-18(12-15-10-17-7-8-21-15)11-14-6-4-3-5-13(14)9-16(19)20-2/h3-6,15,17H,7-12H2,1-2H3. The fourth-order valence-corrected chi connectivity index (χ4v) is 2.55. The number of esters is 1. The Morgan fingerprint density at radius 1 is 1.43 bits per heavy atom. The average Bonchev–Trinajstić information content (AvgIpc) is 2.50. The summed E-state index contributed by atoms with van der Waals surface area (Å²) >= 11 is 0. The molecule has 116 valence electrons. The van der Waals surface area contributed by atoms with Crippen molar-refractivity contribution in [2.75, 3.05) is 40.4 Å². The summed E-state index contributed by atoms with van der Waals surface area (Å²) in [7, 11) is 3.50. The van der Waals surface area contributed by atoms with Crippen LogP contribution in [0.3, 0.4) is 0 Å². The van der Waals surface area contributed by atoms with E-state index >= 15 is 0 Å². The smallest absolute Gasteiger partial charge is 0.309 e. The minimum absolute atomic E-state index is 0.204. The van der Waals surface area contributed by atoms with Crippen LogP contribution in [-0.2, 0) is 27.2 Å². The quantitative estimate of drug-likeness (QED) is 0.787. The molecule has 1 fully saturated rings. The first-order valence-corrected chi connectivity index (χ1v) is 7.33. The minimum atomic E-state index is -0.204. The van der Waals surface area contributed by atoms with Gasteiger partial charge in [-0.05, 0) is 18.2 Å². The van der Waals surface area contributed by atoms with Gasteiger partial charge >= 0.3 is 5.97 Å². The van der Waals surface area contributed by atoms with Gasteiger partial charge in [0.2, 0.25) is 0 Å². The van der Waals surface area contributed by atoms with E-state index in [1.54, 1.807) is 0 Å². The maximum absolute atomic E-state index is 11.5. The van der Waals surface area contributed by atoms with E-state index in [2.05, 4.69) is 23.3 Å². The number of carbonyl (C=O) groups excluding carboxylic acids is 1. The zero-order chi connectivity index (χ0) is 15.1. The molecule has 21 heavy (non-hydrogen) atoms. The monoisotopic (exact) mass is 292 g/mol. The van der Waals surface area contributed by atoms with Crippen LogP contribution in [0.25, 0.3) is 0 Å². The summed E-state index contributed by atoms with van der Waals surface area (Å²) in [5.74, 6) is -0.204. The molecule has 0 bridgehead atoms. The number of hydrogen-bond donors (Lipinski definition) is 1. The Hall–Kier alpha value is -1.43. The van der Waals surface area contributed by atoms with Gasteiger partial charge in [-0.25, -0.2) is 0 Å². The largest absolute Gasteiger partial charge is 0.469 e. The molecule has 1 N–H and O–H groups in total. The molecule has 1 atom stereocenters. The van der Waals surface area contributed by atoms with Gasteiger partial charge in [-0.2, -0.15) is 0 Å². The van der Waals surface area contributed by atoms with E-state index in [0.29, 0.717) is 6.42 Å². The van der Waals surface area contributed by atoms with E-state index in [-0.39, 0.29) is 12.1 Å². The van der Waals surface area contributed by atoms with E-state index in [1.807, 2.05) is 18.2 Å². The molecule has 0 radical (unpaired) electrons. The molecule has 1 saturated heterocycles. The summed E-state index contributed by atoms with van der Waals surface area (Å²) < 4.78 is 10.5. The highest BCUT2D eigenvalue weighted by atomic mass is 16.5. The van der Waals surface area contributed by atoms with Gasteiger partial charge in [-0.1, -0.05) is 24.3 Å². The van der Waals surface area contributed by atoms with Gasteiger partial charge in [0.1, 0.15) is 0 Å². The van der Waals surface area contributed by atoms with Crippen LogP contribution in [0.5, 0.6) is 0 Å². The summed E-state index contributed by atoms with van der Waals surface area (Å²) in [5, 5.41) is 3.34. The lowest BCUT2D eigenvalue weighted by Crippen LogP contribution is -2.44. The van der Waals surface area contributed by atoms with Crippen molar-refractivity contribution in [1.82, 2.24) is 10.2 Å². The molecule has 1 aromatic carbocycles. The summed E-state index contributed by atoms with van der Waals surface area (Å²) in [4.78, 5) is 13.7. The van der Waals surface area contributed by atoms with Gasteiger partial charge in [0, 0.05) is 26.2 Å². The molecule has 0 amide bonds. The number of likely N-dealkylation sites (N-methyl/N-ethyl adjacent to an activating group) is 1. The highest BCUT2D eigenvalue weighted by Gasteiger charge is 2.16. The molecule has 1 aromatic rings. The number of ether oxygens (including phenoxy) is 2. The van der Waals surface area contributed by atoms with Crippen molar-refractivity contribution in [3.8, 4) is 0 Å². The molecule has 0 spiro atoms. The lowest BCUT2D eigenvalue weighted by atomic mass is 10.0. The molecule has 5 heteroatoms. The third-order valence-corrected chi connectivity index (χ3v) is 3.64. The normalized spacial score (nSPS) is 18.7. The van der Waals surface area contributed by atoms with Crippen molar-refractivity contribution in [2.45, 2.75) is 19.1 Å². The molecule has 1 aliphatic rings. The highest BCUT2D eigenvalue weighted by Crippen LogP contribution is 2.13. The Kier molecular flexibility index (Phi) is 6.17. The van der Waals surface area contributed by atoms with Crippen molar-refractivity contribution < 1.29 is 14.3 Å². The molecule has 0 aliphatic carbocycles. The Bertz CT molecular complexity index is 459. The first kappa shape index (κ1) is 15.9. The van der Waals surface area contributed by atoms with E-state index in [1.165, 1.54) is 7.11 Å². The number of morpholine rings is 1. The van der Waals surface area contributed by atoms with Crippen LogP contribution < -0.4 is 5.32 Å². The van der Waals surface area contributed by atoms with E-state index in [9.17, 15) is 4.79 Å². The molecule has 1 heterocycles. The van der Waals surface area contributed by atoms with Crippen molar-refractivity contribution in [3.05, 3.63) is 35.4 Å². The number of nitrogens with zero attached hydrogens (tertiary/aromatic N) is 1. The second-order valence-electron chi connectivity index (χ2n) is 5.42. The first-order chi connectivity index (χ1) is 10.2. The molecule has 0 aromatic heterocycles. The predicted octanol–water partition coefficient (Wildman–Crippen LogP) is 0.822. The fraction of sp³-hybridized carbons (Fsp3) is 0.562. The second kappa shape index (κ2) is 8.12. The van der Waals surface area contributed by atoms with Crippen LogP contribution >= 0.6 is 0 Å². The lowest BCUT2D eigenvalue weighted by Gasteiger charge is -2.28. The minimum Gasteiger partial charge on any atom is -0.469 e. The average molecular weight is 292 g/mol. The SMILES string of the molecule is COC(=O)Cc1ccccc1CN(C)CC1CNCCO1. The maximum atomic E-state index is 11.5. The molecule has 2 rings (SSSR count). The molecule has 1 aliphatic heterocycles. The lowest BCUT2D eigenvalue weighted by molar-refractivity contribution is -0.139. The van der Waals surface area contributed by atoms with Crippen molar-refractivity contribution >= 4 is 5.97 Å². The number of methoxy groups -OCH3 is 1. The van der Waals surface area contributed by atoms with Crippen LogP contribution in [0.2, 0.25) is 0 Å². The Balaban J connectivity index is 1.93. The maximum Gasteiger partial charge on any atom is 0.309 e. The van der Waals surface area contributed by atoms with Gasteiger partial charge in [0.25, 0.3) is 0 Å². The fourth-order valence-electron chi connectivity index (χ4n) is 2.55. The zero-order valence-electron chi connectivity index (χ0n) is 12.8. The predicted molar refractivity (Wildman–Crippen MR) is 81.1 cm³/mol. The van der Waals surface area contributed by atoms with Gasteiger partial charge < -0.3 is 14.8 Å². The zero-order valence-corrected chi connectivity index (χ0v) is 12.8. The van der Waals surface area contributed by atoms with E-state index in [4.69, 9.17) is 9.47 Å². The molecule has 5 nitrogen and oxygen atoms in total. The number of benzene rings is 1. The highest BCUT2D eigenvalue weighted by molar-refractivity contribution is 5.72. The van der Waals surface area contributed by atoms with Gasteiger partial charge in [0.05, 0.1) is 26.2 Å². The molecular weight excluding hydrogens is 268 g/mol. The first-order valence-electron chi connectivity index (χ1n) is 7.33. The number of hydrogen-bond acceptors (Lipinski definition) is 5. The van der Waals surface area contributed by atoms with Gasteiger partial charge in [-0.3, -0.25) is 9.69 Å². The van der Waals surface area contributed by atoms with Crippen molar-refractivity contribution in [2.24, 2.45) is 0 Å². The van der Waals surface area contributed by atoms with E-state index < -0.39 is 0 Å². The number of carbonyl (C=O) groups is 1. The molecular formula is C16H24N2O3. The van der Waals surface area contributed by atoms with Gasteiger partial charge in [0.15, 0.2) is 0 Å². The van der Waals surface area contributed by atoms with Crippen LogP contribution in [0.4, 0.5) is 0 Å². The third-order valence-electron chi connectivity index (χ3n) is 3.64. The molecule has 1 unspecified atom stereocenters. The van der Waals surface area contributed by atoms with Crippen molar-refractivity contribution in [3.63, 3.8) is 0 Å². The van der Waals surface area contributed by atoms with Crippen LogP contribution in [0.15, 0.2) is 24.3 Å². The molecule has 0 saturated carbocycles. The van der Waals surface area contributed by atoms with Crippen molar-refractivity contribution in [1.29, 1.82) is 0 Å². The number of rotatable bonds is 6. The topological polar surface area (TPSA) is 50.8 Å². The van der Waals surface area contributed by atoms with Crippen LogP contribution in [0, 0.1) is 0 Å². The van der Waals surface area contributed by atoms with Gasteiger partial charge in [-0.15, -0.1) is 0 Å². The summed E-state index contributed by atoms with van der Waals surface area (Å²) in [6, 6.07) is 8.01. The Morgan fingerprint density at radius 2 is 2.19 bits per heavy atom.